The molecular formula is C24H19N5O3S. The number of nitrogens with zero attached hydrogens (tertiary/aromatic N) is 4. The summed E-state index contributed by atoms with van der Waals surface area (Å²) in [7, 11) is -2.40. The van der Waals surface area contributed by atoms with Gasteiger partial charge in [0.05, 0.1) is 29.3 Å². The minimum Gasteiger partial charge on any atom is -0.497 e. The van der Waals surface area contributed by atoms with Gasteiger partial charge in [0.25, 0.3) is 0 Å². The molecule has 9 heteroatoms. The summed E-state index contributed by atoms with van der Waals surface area (Å²) >= 11 is 0. The van der Waals surface area contributed by atoms with Gasteiger partial charge in [0.1, 0.15) is 22.0 Å². The summed E-state index contributed by atoms with van der Waals surface area (Å²) in [6.45, 7) is 0. The SMILES string of the molecule is COc1cccc(C=Nn2c(N)c(S(=O)(=O)c3ccccc3)c3nc4ccccc4nc32)c1. The van der Waals surface area contributed by atoms with E-state index in [4.69, 9.17) is 10.5 Å². The fourth-order valence-electron chi connectivity index (χ4n) is 3.57. The molecule has 0 aliphatic rings. The van der Waals surface area contributed by atoms with Gasteiger partial charge >= 0.3 is 0 Å². The normalized spacial score (nSPS) is 12.0. The lowest BCUT2D eigenvalue weighted by atomic mass is 10.2. The highest BCUT2D eigenvalue weighted by atomic mass is 32.2. The summed E-state index contributed by atoms with van der Waals surface area (Å²) in [5.74, 6) is 0.603. The minimum absolute atomic E-state index is 0.0664. The average Bonchev–Trinajstić information content (AvgIpc) is 3.12. The van der Waals surface area contributed by atoms with Crippen LogP contribution < -0.4 is 10.5 Å². The number of hydrogen-bond acceptors (Lipinski definition) is 7. The van der Waals surface area contributed by atoms with E-state index in [0.29, 0.717) is 16.8 Å². The highest BCUT2D eigenvalue weighted by Gasteiger charge is 2.30. The van der Waals surface area contributed by atoms with Crippen LogP contribution >= 0.6 is 0 Å². The third-order valence-corrected chi connectivity index (χ3v) is 7.00. The lowest BCUT2D eigenvalue weighted by Gasteiger charge is -2.04. The number of para-hydroxylation sites is 2. The number of nitrogens with two attached hydrogens (primary N) is 1. The van der Waals surface area contributed by atoms with Gasteiger partial charge in [-0.1, -0.05) is 42.5 Å². The summed E-state index contributed by atoms with van der Waals surface area (Å²) in [6.07, 6.45) is 1.56. The van der Waals surface area contributed by atoms with Gasteiger partial charge < -0.3 is 10.5 Å². The Morgan fingerprint density at radius 2 is 1.64 bits per heavy atom. The van der Waals surface area contributed by atoms with Gasteiger partial charge in [0.2, 0.25) is 9.84 Å². The fraction of sp³-hybridized carbons (Fsp3) is 0.0417. The van der Waals surface area contributed by atoms with Crippen LogP contribution in [0.25, 0.3) is 22.2 Å². The molecule has 0 radical (unpaired) electrons. The molecule has 8 nitrogen and oxygen atoms in total. The molecule has 5 rings (SSSR count). The zero-order valence-corrected chi connectivity index (χ0v) is 18.4. The highest BCUT2D eigenvalue weighted by Crippen LogP contribution is 2.35. The van der Waals surface area contributed by atoms with Crippen LogP contribution in [-0.2, 0) is 9.84 Å². The van der Waals surface area contributed by atoms with Crippen molar-refractivity contribution in [3.05, 3.63) is 84.4 Å². The first kappa shape index (κ1) is 20.7. The number of rotatable bonds is 5. The molecule has 0 atom stereocenters. The molecule has 0 bridgehead atoms. The third-order valence-electron chi connectivity index (χ3n) is 5.17. The monoisotopic (exact) mass is 457 g/mol. The Hall–Kier alpha value is -4.24. The van der Waals surface area contributed by atoms with Crippen molar-refractivity contribution in [3.63, 3.8) is 0 Å². The van der Waals surface area contributed by atoms with Crippen molar-refractivity contribution in [2.45, 2.75) is 9.79 Å². The zero-order chi connectivity index (χ0) is 23.0. The number of sulfone groups is 1. The summed E-state index contributed by atoms with van der Waals surface area (Å²) in [4.78, 5) is 9.22. The van der Waals surface area contributed by atoms with Crippen LogP contribution in [0.2, 0.25) is 0 Å². The molecule has 0 amide bonds. The summed E-state index contributed by atoms with van der Waals surface area (Å²) in [5.41, 5.74) is 8.71. The van der Waals surface area contributed by atoms with Gasteiger partial charge in [-0.25, -0.2) is 18.4 Å². The maximum atomic E-state index is 13.5. The van der Waals surface area contributed by atoms with Gasteiger partial charge in [0.15, 0.2) is 5.65 Å². The first-order valence-electron chi connectivity index (χ1n) is 10.0. The van der Waals surface area contributed by atoms with Crippen LogP contribution in [0, 0.1) is 0 Å². The number of benzene rings is 3. The number of anilines is 1. The lowest BCUT2D eigenvalue weighted by Crippen LogP contribution is -2.06. The maximum Gasteiger partial charge on any atom is 0.212 e. The van der Waals surface area contributed by atoms with Crippen molar-refractivity contribution in [3.8, 4) is 5.75 Å². The molecule has 3 aromatic carbocycles. The second-order valence-electron chi connectivity index (χ2n) is 7.25. The van der Waals surface area contributed by atoms with Crippen LogP contribution in [0.3, 0.4) is 0 Å². The van der Waals surface area contributed by atoms with E-state index >= 15 is 0 Å². The Kier molecular flexibility index (Phi) is 5.02. The van der Waals surface area contributed by atoms with Gasteiger partial charge in [0, 0.05) is 0 Å². The Morgan fingerprint density at radius 3 is 2.36 bits per heavy atom. The molecule has 0 spiro atoms. The Bertz CT molecular complexity index is 1630. The van der Waals surface area contributed by atoms with Crippen LogP contribution in [0.5, 0.6) is 5.75 Å². The van der Waals surface area contributed by atoms with Crippen molar-refractivity contribution >= 4 is 44.1 Å². The topological polar surface area (TPSA) is 112 Å². The molecular weight excluding hydrogens is 438 g/mol. The molecule has 2 aromatic heterocycles. The number of fused-ring (bicyclic) bond motifs is 2. The number of methoxy groups -OCH3 is 1. The molecule has 5 aromatic rings. The minimum atomic E-state index is -3.98. The summed E-state index contributed by atoms with van der Waals surface area (Å²) in [6, 6.07) is 22.6. The quantitative estimate of drug-likeness (QED) is 0.401. The van der Waals surface area contributed by atoms with Crippen LogP contribution in [0.4, 0.5) is 5.82 Å². The van der Waals surface area contributed by atoms with E-state index in [9.17, 15) is 8.42 Å². The lowest BCUT2D eigenvalue weighted by molar-refractivity contribution is 0.415. The molecule has 0 saturated carbocycles. The van der Waals surface area contributed by atoms with E-state index < -0.39 is 9.84 Å². The molecule has 2 N–H and O–H groups in total. The standard InChI is InChI=1S/C24H19N5O3S/c1-32-17-9-7-8-16(14-17)15-26-29-23(25)22(33(30,31)18-10-3-2-4-11-18)21-24(29)28-20-13-6-5-12-19(20)27-21/h2-15H,25H2,1H3. The second-order valence-corrected chi connectivity index (χ2v) is 9.13. The Balaban J connectivity index is 1.78. The van der Waals surface area contributed by atoms with E-state index in [1.165, 1.54) is 16.8 Å². The van der Waals surface area contributed by atoms with Crippen molar-refractivity contribution in [1.29, 1.82) is 0 Å². The molecule has 33 heavy (non-hydrogen) atoms. The average molecular weight is 458 g/mol. The molecule has 0 unspecified atom stereocenters. The van der Waals surface area contributed by atoms with Gasteiger partial charge in [-0.2, -0.15) is 9.78 Å². The summed E-state index contributed by atoms with van der Waals surface area (Å²) < 4.78 is 33.7. The van der Waals surface area contributed by atoms with Crippen LogP contribution in [0.1, 0.15) is 5.56 Å². The van der Waals surface area contributed by atoms with E-state index in [-0.39, 0.29) is 26.8 Å². The Labute approximate surface area is 189 Å². The maximum absolute atomic E-state index is 13.5. The van der Waals surface area contributed by atoms with Crippen molar-refractivity contribution < 1.29 is 13.2 Å². The van der Waals surface area contributed by atoms with Gasteiger partial charge in [-0.05, 0) is 42.0 Å². The van der Waals surface area contributed by atoms with Crippen LogP contribution in [0.15, 0.2) is 93.8 Å². The molecule has 0 fully saturated rings. The molecule has 164 valence electrons. The summed E-state index contributed by atoms with van der Waals surface area (Å²) in [5, 5.41) is 4.46. The van der Waals surface area contributed by atoms with E-state index in [1.54, 1.807) is 49.7 Å². The van der Waals surface area contributed by atoms with E-state index in [0.717, 1.165) is 5.56 Å². The van der Waals surface area contributed by atoms with Crippen LogP contribution in [-0.4, -0.2) is 36.4 Å². The fourth-order valence-corrected chi connectivity index (χ4v) is 5.07. The largest absolute Gasteiger partial charge is 0.497 e. The molecule has 0 aliphatic carbocycles. The van der Waals surface area contributed by atoms with Gasteiger partial charge in [-0.15, -0.1) is 0 Å². The second kappa shape index (κ2) is 8.03. The number of hydrogen-bond donors (Lipinski definition) is 1. The molecule has 0 saturated heterocycles. The number of ether oxygens (including phenoxy) is 1. The number of aromatic nitrogens is 3. The van der Waals surface area contributed by atoms with Crippen molar-refractivity contribution in [2.24, 2.45) is 5.10 Å². The zero-order valence-electron chi connectivity index (χ0n) is 17.6. The first-order chi connectivity index (χ1) is 16.0. The predicted molar refractivity (Wildman–Crippen MR) is 127 cm³/mol. The molecule has 0 aliphatic heterocycles. The third kappa shape index (κ3) is 3.58. The number of nitrogen functional groups attached to an aromatic ring is 1. The van der Waals surface area contributed by atoms with Crippen molar-refractivity contribution in [1.82, 2.24) is 14.6 Å². The highest BCUT2D eigenvalue weighted by molar-refractivity contribution is 7.92. The van der Waals surface area contributed by atoms with Gasteiger partial charge in [-0.3, -0.25) is 0 Å². The Morgan fingerprint density at radius 1 is 0.939 bits per heavy atom. The predicted octanol–water partition coefficient (Wildman–Crippen LogP) is 3.89. The molecule has 2 heterocycles. The first-order valence-corrected chi connectivity index (χ1v) is 11.5. The smallest absolute Gasteiger partial charge is 0.212 e. The van der Waals surface area contributed by atoms with E-state index in [2.05, 4.69) is 15.1 Å². The van der Waals surface area contributed by atoms with Crippen molar-refractivity contribution in [2.75, 3.05) is 12.8 Å². The van der Waals surface area contributed by atoms with E-state index in [1.807, 2.05) is 30.3 Å².